The number of benzene rings is 1. The van der Waals surface area contributed by atoms with Crippen molar-refractivity contribution < 1.29 is 22.9 Å². The van der Waals surface area contributed by atoms with Gasteiger partial charge in [0.25, 0.3) is 0 Å². The summed E-state index contributed by atoms with van der Waals surface area (Å²) >= 11 is 0. The Kier molecular flexibility index (Phi) is 10.2. The molecule has 4 aliphatic carbocycles. The first-order chi connectivity index (χ1) is 21.3. The van der Waals surface area contributed by atoms with Gasteiger partial charge in [0.2, 0.25) is 0 Å². The van der Waals surface area contributed by atoms with Crippen LogP contribution in [-0.4, -0.2) is 54.8 Å². The van der Waals surface area contributed by atoms with Crippen LogP contribution in [0.15, 0.2) is 35.5 Å². The molecule has 0 bridgehead atoms. The maximum Gasteiger partial charge on any atom is 0.185 e. The number of ketones is 1. The van der Waals surface area contributed by atoms with Crippen molar-refractivity contribution in [2.24, 2.45) is 39.7 Å². The van der Waals surface area contributed by atoms with Crippen molar-refractivity contribution in [1.82, 2.24) is 0 Å². The van der Waals surface area contributed by atoms with Crippen LogP contribution in [0.4, 0.5) is 0 Å². The fraction of sp³-hybridized carbons (Fsp3) is 0.784. The molecule has 0 aromatic heterocycles. The molecule has 0 amide bonds. The van der Waals surface area contributed by atoms with E-state index in [9.17, 15) is 4.79 Å². The maximum atomic E-state index is 14.8. The second-order valence-electron chi connectivity index (χ2n) is 18.5. The minimum absolute atomic E-state index is 0.0577. The minimum Gasteiger partial charge on any atom is -0.415 e. The molecule has 0 radical (unpaired) electrons. The van der Waals surface area contributed by atoms with Gasteiger partial charge in [-0.25, -0.2) is 0 Å². The standard InChI is InChI=1S/C37H63NO5Si3/c1-35-21-19-29(42-45(6,7)8)23-28(35)17-18-30-31-20-22-37(43-46(9,10)11,36(31,2)24-32(39)34(30)35)33(26-41-44(3,4)5)38-40-25-27-15-13-12-14-16-27/h12-16,28-31,34H,17-26H2,1-11H3. The van der Waals surface area contributed by atoms with E-state index in [1.165, 1.54) is 6.42 Å². The third-order valence-corrected chi connectivity index (χ3v) is 14.8. The predicted octanol–water partition coefficient (Wildman–Crippen LogP) is 9.44. The molecule has 4 saturated carbocycles. The van der Waals surface area contributed by atoms with Crippen LogP contribution in [0.1, 0.15) is 70.8 Å². The Labute approximate surface area is 283 Å². The van der Waals surface area contributed by atoms with Gasteiger partial charge in [0, 0.05) is 23.9 Å². The Bertz CT molecular complexity index is 1270. The smallest absolute Gasteiger partial charge is 0.185 e. The molecule has 4 aliphatic rings. The van der Waals surface area contributed by atoms with Crippen LogP contribution in [0.25, 0.3) is 0 Å². The summed E-state index contributed by atoms with van der Waals surface area (Å²) in [6.07, 6.45) is 8.46. The fourth-order valence-electron chi connectivity index (χ4n) is 10.1. The molecule has 4 fully saturated rings. The first kappa shape index (κ1) is 36.2. The van der Waals surface area contributed by atoms with Crippen molar-refractivity contribution >= 4 is 36.4 Å². The Morgan fingerprint density at radius 2 is 1.57 bits per heavy atom. The van der Waals surface area contributed by atoms with E-state index in [-0.39, 0.29) is 16.7 Å². The van der Waals surface area contributed by atoms with E-state index in [4.69, 9.17) is 23.3 Å². The summed E-state index contributed by atoms with van der Waals surface area (Å²) in [5, 5.41) is 4.93. The average molecular weight is 686 g/mol. The van der Waals surface area contributed by atoms with Gasteiger partial charge in [-0.15, -0.1) is 0 Å². The quantitative estimate of drug-likeness (QED) is 0.132. The van der Waals surface area contributed by atoms with Gasteiger partial charge in [-0.2, -0.15) is 0 Å². The summed E-state index contributed by atoms with van der Waals surface area (Å²) in [6, 6.07) is 10.2. The molecule has 1 aromatic rings. The van der Waals surface area contributed by atoms with E-state index in [0.29, 0.717) is 49.3 Å². The van der Waals surface area contributed by atoms with Gasteiger partial charge in [-0.05, 0) is 133 Å². The fourth-order valence-corrected chi connectivity index (χ4v) is 13.4. The van der Waals surface area contributed by atoms with Crippen molar-refractivity contribution in [2.45, 2.75) is 142 Å². The molecule has 0 N–H and O–H groups in total. The van der Waals surface area contributed by atoms with Crippen LogP contribution < -0.4 is 0 Å². The van der Waals surface area contributed by atoms with Gasteiger partial charge in [-0.1, -0.05) is 49.3 Å². The van der Waals surface area contributed by atoms with Crippen molar-refractivity contribution in [3.63, 3.8) is 0 Å². The molecule has 0 spiro atoms. The van der Waals surface area contributed by atoms with Gasteiger partial charge in [-0.3, -0.25) is 4.79 Å². The minimum atomic E-state index is -2.10. The third kappa shape index (κ3) is 7.39. The molecule has 8 atom stereocenters. The number of hydrogen-bond acceptors (Lipinski definition) is 6. The molecule has 0 aliphatic heterocycles. The monoisotopic (exact) mass is 685 g/mol. The second kappa shape index (κ2) is 13.0. The van der Waals surface area contributed by atoms with Gasteiger partial charge in [0.1, 0.15) is 23.7 Å². The maximum absolute atomic E-state index is 14.8. The lowest BCUT2D eigenvalue weighted by molar-refractivity contribution is -0.166. The number of fused-ring (bicyclic) bond motifs is 5. The van der Waals surface area contributed by atoms with Crippen LogP contribution >= 0.6 is 0 Å². The highest BCUT2D eigenvalue weighted by molar-refractivity contribution is 6.70. The number of hydrogen-bond donors (Lipinski definition) is 0. The highest BCUT2D eigenvalue weighted by Crippen LogP contribution is 2.68. The molecule has 258 valence electrons. The molecule has 0 saturated heterocycles. The highest BCUT2D eigenvalue weighted by Gasteiger charge is 2.70. The van der Waals surface area contributed by atoms with Crippen LogP contribution in [0.3, 0.4) is 0 Å². The lowest BCUT2D eigenvalue weighted by atomic mass is 9.44. The van der Waals surface area contributed by atoms with E-state index in [1.54, 1.807) is 0 Å². The molecule has 6 nitrogen and oxygen atoms in total. The lowest BCUT2D eigenvalue weighted by Gasteiger charge is -2.61. The Balaban J connectivity index is 1.49. The van der Waals surface area contributed by atoms with E-state index in [0.717, 1.165) is 49.8 Å². The average Bonchev–Trinajstić information content (AvgIpc) is 3.20. The van der Waals surface area contributed by atoms with E-state index in [2.05, 4.69) is 84.9 Å². The van der Waals surface area contributed by atoms with Gasteiger partial charge in [0.05, 0.1) is 6.61 Å². The van der Waals surface area contributed by atoms with Gasteiger partial charge < -0.3 is 18.1 Å². The van der Waals surface area contributed by atoms with Crippen molar-refractivity contribution in [2.75, 3.05) is 6.61 Å². The van der Waals surface area contributed by atoms with Crippen LogP contribution in [-0.2, 0) is 29.5 Å². The number of nitrogens with zero attached hydrogens (tertiary/aromatic N) is 1. The highest BCUT2D eigenvalue weighted by atomic mass is 28.4. The van der Waals surface area contributed by atoms with E-state index < -0.39 is 30.6 Å². The molecular weight excluding hydrogens is 623 g/mol. The predicted molar refractivity (Wildman–Crippen MR) is 195 cm³/mol. The summed E-state index contributed by atoms with van der Waals surface area (Å²) < 4.78 is 20.6. The number of carbonyl (C=O) groups is 1. The van der Waals surface area contributed by atoms with E-state index >= 15 is 0 Å². The normalized spacial score (nSPS) is 37.0. The molecular formula is C37H63NO5Si3. The first-order valence-electron chi connectivity index (χ1n) is 18.0. The molecule has 1 aromatic carbocycles. The van der Waals surface area contributed by atoms with Gasteiger partial charge in [0.15, 0.2) is 25.0 Å². The third-order valence-electron chi connectivity index (χ3n) is 11.8. The molecule has 46 heavy (non-hydrogen) atoms. The lowest BCUT2D eigenvalue weighted by Crippen LogP contribution is -2.64. The molecule has 8 unspecified atom stereocenters. The van der Waals surface area contributed by atoms with Crippen LogP contribution in [0.2, 0.25) is 58.9 Å². The van der Waals surface area contributed by atoms with E-state index in [1.807, 2.05) is 18.2 Å². The summed E-state index contributed by atoms with van der Waals surface area (Å²) in [4.78, 5) is 20.9. The van der Waals surface area contributed by atoms with Gasteiger partial charge >= 0.3 is 0 Å². The summed E-state index contributed by atoms with van der Waals surface area (Å²) in [7, 11) is -5.58. The zero-order valence-electron chi connectivity index (χ0n) is 30.8. The molecule has 0 heterocycles. The summed E-state index contributed by atoms with van der Waals surface area (Å²) in [5.74, 6) is 1.95. The zero-order chi connectivity index (χ0) is 33.8. The second-order valence-corrected chi connectivity index (χ2v) is 31.9. The van der Waals surface area contributed by atoms with Crippen molar-refractivity contribution in [3.8, 4) is 0 Å². The largest absolute Gasteiger partial charge is 0.415 e. The topological polar surface area (TPSA) is 66.4 Å². The van der Waals surface area contributed by atoms with Crippen LogP contribution in [0, 0.1) is 34.5 Å². The molecule has 5 rings (SSSR count). The number of oxime groups is 1. The summed E-state index contributed by atoms with van der Waals surface area (Å²) in [6.45, 7) is 26.0. The SMILES string of the molecule is CC12CCC(O[Si](C)(C)C)CC1CCC1C2C(=O)CC2(C)C1CCC2(O[Si](C)(C)C)C(CO[Si](C)(C)C)=NOCc1ccccc1. The number of rotatable bonds is 11. The Morgan fingerprint density at radius 1 is 0.870 bits per heavy atom. The Morgan fingerprint density at radius 3 is 2.20 bits per heavy atom. The van der Waals surface area contributed by atoms with Crippen molar-refractivity contribution in [1.29, 1.82) is 0 Å². The zero-order valence-corrected chi connectivity index (χ0v) is 33.8. The summed E-state index contributed by atoms with van der Waals surface area (Å²) in [5.41, 5.74) is 0.957. The first-order valence-corrected chi connectivity index (χ1v) is 28.3. The van der Waals surface area contributed by atoms with Crippen molar-refractivity contribution in [3.05, 3.63) is 35.9 Å². The Hall–Kier alpha value is -1.11. The molecule has 9 heteroatoms. The van der Waals surface area contributed by atoms with Crippen LogP contribution in [0.5, 0.6) is 0 Å². The number of carbonyl (C=O) groups excluding carboxylic acids is 1. The number of Topliss-reactive ketones (excluding diaryl/α,β-unsaturated/α-hetero) is 1.